The van der Waals surface area contributed by atoms with Crippen molar-refractivity contribution in [3.05, 3.63) is 16.8 Å². The van der Waals surface area contributed by atoms with Gasteiger partial charge in [0.05, 0.1) is 10.7 Å². The number of nitrogens with zero attached hydrogens (tertiary/aromatic N) is 4. The Morgan fingerprint density at radius 2 is 2.21 bits per heavy atom. The van der Waals surface area contributed by atoms with Gasteiger partial charge in [-0.25, -0.2) is 4.98 Å². The molecule has 2 bridgehead atoms. The molecular formula is C13H15ClN4O. The number of pyridine rings is 1. The van der Waals surface area contributed by atoms with Gasteiger partial charge in [-0.05, 0) is 13.3 Å². The lowest BCUT2D eigenvalue weighted by Gasteiger charge is -2.32. The molecule has 100 valence electrons. The zero-order valence-corrected chi connectivity index (χ0v) is 11.5. The van der Waals surface area contributed by atoms with Crippen molar-refractivity contribution in [1.82, 2.24) is 14.9 Å². The van der Waals surface area contributed by atoms with Crippen molar-refractivity contribution >= 4 is 28.8 Å². The van der Waals surface area contributed by atoms with E-state index in [1.165, 1.54) is 13.0 Å². The molecule has 0 spiro atoms. The number of aryl methyl sites for hydroxylation is 1. The normalized spacial score (nSPS) is 26.3. The van der Waals surface area contributed by atoms with Crippen LogP contribution in [0, 0.1) is 6.92 Å². The van der Waals surface area contributed by atoms with Crippen molar-refractivity contribution in [2.45, 2.75) is 19.4 Å². The first-order valence-electron chi connectivity index (χ1n) is 6.63. The highest BCUT2D eigenvalue weighted by molar-refractivity contribution is 6.31. The Hall–Kier alpha value is -1.33. The van der Waals surface area contributed by atoms with Gasteiger partial charge in [-0.1, -0.05) is 11.6 Å². The molecule has 2 atom stereocenters. The molecule has 6 heteroatoms. The van der Waals surface area contributed by atoms with E-state index in [1.807, 2.05) is 6.92 Å². The fourth-order valence-corrected chi connectivity index (χ4v) is 3.14. The minimum Gasteiger partial charge on any atom is -0.422 e. The van der Waals surface area contributed by atoms with Crippen molar-refractivity contribution < 1.29 is 4.42 Å². The van der Waals surface area contributed by atoms with Gasteiger partial charge in [-0.2, -0.15) is 4.98 Å². The lowest BCUT2D eigenvalue weighted by Crippen LogP contribution is -2.46. The summed E-state index contributed by atoms with van der Waals surface area (Å²) in [5.74, 6) is 0. The summed E-state index contributed by atoms with van der Waals surface area (Å²) >= 11 is 6.07. The quantitative estimate of drug-likeness (QED) is 0.799. The van der Waals surface area contributed by atoms with Crippen LogP contribution >= 0.6 is 11.6 Å². The molecule has 19 heavy (non-hydrogen) atoms. The maximum Gasteiger partial charge on any atom is 0.300 e. The predicted molar refractivity (Wildman–Crippen MR) is 73.7 cm³/mol. The lowest BCUT2D eigenvalue weighted by molar-refractivity contribution is 0.304. The summed E-state index contributed by atoms with van der Waals surface area (Å²) in [5, 5.41) is 0.626. The predicted octanol–water partition coefficient (Wildman–Crippen LogP) is 2.08. The molecule has 0 amide bonds. The van der Waals surface area contributed by atoms with Crippen molar-refractivity contribution in [2.75, 3.05) is 31.1 Å². The van der Waals surface area contributed by atoms with E-state index in [4.69, 9.17) is 16.0 Å². The van der Waals surface area contributed by atoms with E-state index in [-0.39, 0.29) is 0 Å². The molecule has 1 unspecified atom stereocenters. The first-order chi connectivity index (χ1) is 9.20. The zero-order valence-electron chi connectivity index (χ0n) is 10.8. The highest BCUT2D eigenvalue weighted by Crippen LogP contribution is 2.29. The smallest absolute Gasteiger partial charge is 0.300 e. The molecule has 2 fully saturated rings. The summed E-state index contributed by atoms with van der Waals surface area (Å²) in [6, 6.07) is 3.02. The van der Waals surface area contributed by atoms with Crippen LogP contribution in [0.2, 0.25) is 5.02 Å². The molecule has 0 radical (unpaired) electrons. The number of fused-ring (bicyclic) bond motifs is 3. The number of oxazole rings is 1. The van der Waals surface area contributed by atoms with Crippen LogP contribution in [-0.2, 0) is 0 Å². The van der Waals surface area contributed by atoms with E-state index >= 15 is 0 Å². The van der Waals surface area contributed by atoms with Gasteiger partial charge in [0.15, 0.2) is 5.58 Å². The van der Waals surface area contributed by atoms with Crippen LogP contribution in [-0.4, -0.2) is 47.1 Å². The number of hydrogen-bond donors (Lipinski definition) is 0. The Morgan fingerprint density at radius 1 is 1.32 bits per heavy atom. The van der Waals surface area contributed by atoms with E-state index < -0.39 is 0 Å². The molecule has 2 aliphatic rings. The van der Waals surface area contributed by atoms with Crippen LogP contribution in [0.15, 0.2) is 10.5 Å². The Labute approximate surface area is 116 Å². The average Bonchev–Trinajstić information content (AvgIpc) is 2.95. The van der Waals surface area contributed by atoms with Crippen molar-refractivity contribution in [2.24, 2.45) is 0 Å². The Bertz CT molecular complexity index is 602. The van der Waals surface area contributed by atoms with Crippen LogP contribution in [0.1, 0.15) is 12.1 Å². The second-order valence-corrected chi connectivity index (χ2v) is 5.72. The highest BCUT2D eigenvalue weighted by Gasteiger charge is 2.34. The summed E-state index contributed by atoms with van der Waals surface area (Å²) in [5.41, 5.74) is 2.11. The Kier molecular flexibility index (Phi) is 2.47. The number of aromatic nitrogens is 2. The molecule has 2 aliphatic heterocycles. The second-order valence-electron chi connectivity index (χ2n) is 5.31. The molecule has 0 N–H and O–H groups in total. The van der Waals surface area contributed by atoms with Crippen molar-refractivity contribution in [1.29, 1.82) is 0 Å². The van der Waals surface area contributed by atoms with Crippen LogP contribution < -0.4 is 4.90 Å². The summed E-state index contributed by atoms with van der Waals surface area (Å²) < 4.78 is 5.84. The molecule has 2 saturated heterocycles. The van der Waals surface area contributed by atoms with Gasteiger partial charge in [0, 0.05) is 38.3 Å². The summed E-state index contributed by atoms with van der Waals surface area (Å²) in [6.45, 7) is 6.25. The zero-order chi connectivity index (χ0) is 13.0. The molecule has 2 aromatic heterocycles. The van der Waals surface area contributed by atoms with Gasteiger partial charge < -0.3 is 9.32 Å². The monoisotopic (exact) mass is 278 g/mol. The largest absolute Gasteiger partial charge is 0.422 e. The van der Waals surface area contributed by atoms with Gasteiger partial charge in [0.25, 0.3) is 6.01 Å². The van der Waals surface area contributed by atoms with E-state index in [0.717, 1.165) is 25.3 Å². The molecule has 0 aliphatic carbocycles. The third kappa shape index (κ3) is 1.80. The molecule has 4 rings (SSSR count). The molecule has 4 heterocycles. The van der Waals surface area contributed by atoms with Crippen LogP contribution in [0.5, 0.6) is 0 Å². The molecular weight excluding hydrogens is 264 g/mol. The van der Waals surface area contributed by atoms with E-state index in [1.54, 1.807) is 6.07 Å². The second kappa shape index (κ2) is 4.08. The maximum absolute atomic E-state index is 6.07. The van der Waals surface area contributed by atoms with Gasteiger partial charge >= 0.3 is 0 Å². The van der Waals surface area contributed by atoms with E-state index in [9.17, 15) is 0 Å². The SMILES string of the molecule is Cc1nc2nc(N3CCN4CC[C@@H]3C4)oc2cc1Cl. The maximum atomic E-state index is 6.07. The Balaban J connectivity index is 1.75. The van der Waals surface area contributed by atoms with E-state index in [2.05, 4.69) is 19.8 Å². The van der Waals surface area contributed by atoms with Gasteiger partial charge in [0.1, 0.15) is 0 Å². The standard InChI is InChI=1S/C13H15ClN4O/c1-8-10(14)6-11-12(15-8)16-13(19-11)18-5-4-17-3-2-9(18)7-17/h6,9H,2-5,7H2,1H3/t9-/m1/s1. The molecule has 0 saturated carbocycles. The number of hydrogen-bond acceptors (Lipinski definition) is 5. The third-order valence-corrected chi connectivity index (χ3v) is 4.47. The number of piperazine rings is 1. The Morgan fingerprint density at radius 3 is 3.11 bits per heavy atom. The van der Waals surface area contributed by atoms with Crippen LogP contribution in [0.25, 0.3) is 11.2 Å². The fraction of sp³-hybridized carbons (Fsp3) is 0.538. The van der Waals surface area contributed by atoms with E-state index in [0.29, 0.717) is 28.3 Å². The average molecular weight is 279 g/mol. The van der Waals surface area contributed by atoms with Gasteiger partial charge in [-0.3, -0.25) is 4.90 Å². The number of halogens is 1. The first kappa shape index (κ1) is 11.5. The summed E-state index contributed by atoms with van der Waals surface area (Å²) in [6.07, 6.45) is 1.19. The molecule has 0 aromatic carbocycles. The van der Waals surface area contributed by atoms with Crippen molar-refractivity contribution in [3.8, 4) is 0 Å². The third-order valence-electron chi connectivity index (χ3n) is 4.09. The van der Waals surface area contributed by atoms with Crippen LogP contribution in [0.3, 0.4) is 0 Å². The molecule has 2 aromatic rings. The number of anilines is 1. The lowest BCUT2D eigenvalue weighted by atomic mass is 10.2. The van der Waals surface area contributed by atoms with Crippen LogP contribution in [0.4, 0.5) is 6.01 Å². The summed E-state index contributed by atoms with van der Waals surface area (Å²) in [4.78, 5) is 13.7. The molecule has 5 nitrogen and oxygen atoms in total. The summed E-state index contributed by atoms with van der Waals surface area (Å²) in [7, 11) is 0. The van der Waals surface area contributed by atoms with Crippen molar-refractivity contribution in [3.63, 3.8) is 0 Å². The fourth-order valence-electron chi connectivity index (χ4n) is 2.99. The number of rotatable bonds is 1. The minimum absolute atomic E-state index is 0.526. The minimum atomic E-state index is 0.526. The first-order valence-corrected chi connectivity index (χ1v) is 7.01. The topological polar surface area (TPSA) is 45.4 Å². The van der Waals surface area contributed by atoms with Gasteiger partial charge in [0.2, 0.25) is 5.65 Å². The highest BCUT2D eigenvalue weighted by atomic mass is 35.5. The van der Waals surface area contributed by atoms with Gasteiger partial charge in [-0.15, -0.1) is 0 Å².